The van der Waals surface area contributed by atoms with Gasteiger partial charge in [-0.3, -0.25) is 0 Å². The van der Waals surface area contributed by atoms with Crippen LogP contribution in [-0.4, -0.2) is 27.6 Å². The van der Waals surface area contributed by atoms with E-state index in [1.807, 2.05) is 0 Å². The third-order valence-corrected chi connectivity index (χ3v) is 3.38. The van der Waals surface area contributed by atoms with E-state index < -0.39 is 63.1 Å². The fraction of sp³-hybridized carbons (Fsp3) is 1.00. The molecule has 21 heavy (non-hydrogen) atoms. The first-order valence-electron chi connectivity index (χ1n) is 5.64. The molecule has 0 fully saturated rings. The van der Waals surface area contributed by atoms with Crippen LogP contribution in [0.5, 0.6) is 0 Å². The van der Waals surface area contributed by atoms with E-state index in [-0.39, 0.29) is 12.8 Å². The number of halogens is 11. The van der Waals surface area contributed by atoms with Gasteiger partial charge in [-0.1, -0.05) is 19.8 Å². The highest BCUT2D eigenvalue weighted by molar-refractivity contribution is 14.1. The van der Waals surface area contributed by atoms with E-state index in [0.29, 0.717) is 0 Å². The smallest absolute Gasteiger partial charge is 0.200 e. The fourth-order valence-corrected chi connectivity index (χ4v) is 1.70. The summed E-state index contributed by atoms with van der Waals surface area (Å²) in [6.45, 7) is 1.50. The molecule has 0 nitrogen and oxygen atoms in total. The number of unbranched alkanes of at least 4 members (excludes halogenated alkanes) is 2. The van der Waals surface area contributed by atoms with Crippen molar-refractivity contribution in [3.8, 4) is 0 Å². The lowest BCUT2D eigenvalue weighted by Gasteiger charge is -2.38. The quantitative estimate of drug-likeness (QED) is 0.181. The second-order valence-corrected chi connectivity index (χ2v) is 5.74. The van der Waals surface area contributed by atoms with Crippen molar-refractivity contribution in [1.82, 2.24) is 0 Å². The summed E-state index contributed by atoms with van der Waals surface area (Å²) in [5, 5.41) is 0. The molecule has 11 heteroatoms. The van der Waals surface area contributed by atoms with E-state index in [2.05, 4.69) is 0 Å². The average molecular weight is 448 g/mol. The zero-order valence-electron chi connectivity index (χ0n) is 10.5. The summed E-state index contributed by atoms with van der Waals surface area (Å²) in [7, 11) is 0. The minimum atomic E-state index is -6.92. The van der Waals surface area contributed by atoms with Crippen molar-refractivity contribution in [3.63, 3.8) is 0 Å². The molecule has 0 saturated heterocycles. The zero-order valence-corrected chi connectivity index (χ0v) is 12.6. The Balaban J connectivity index is 5.55. The lowest BCUT2D eigenvalue weighted by atomic mass is 9.95. The van der Waals surface area contributed by atoms with E-state index in [0.717, 1.165) is 0 Å². The van der Waals surface area contributed by atoms with Crippen molar-refractivity contribution in [1.29, 1.82) is 0 Å². The van der Waals surface area contributed by atoms with Crippen molar-refractivity contribution in [2.45, 2.75) is 60.2 Å². The van der Waals surface area contributed by atoms with Crippen LogP contribution in [0.2, 0.25) is 0 Å². The second-order valence-electron chi connectivity index (χ2n) is 4.38. The van der Waals surface area contributed by atoms with Gasteiger partial charge < -0.3 is 0 Å². The van der Waals surface area contributed by atoms with E-state index in [1.54, 1.807) is 0 Å². The number of hydrogen-bond donors (Lipinski definition) is 0. The molecule has 0 bridgehead atoms. The number of rotatable bonds is 8. The monoisotopic (exact) mass is 448 g/mol. The van der Waals surface area contributed by atoms with Crippen molar-refractivity contribution >= 4 is 22.6 Å². The van der Waals surface area contributed by atoms with Crippen LogP contribution in [0.3, 0.4) is 0 Å². The van der Waals surface area contributed by atoms with Gasteiger partial charge in [0.05, 0.1) is 0 Å². The van der Waals surface area contributed by atoms with E-state index >= 15 is 0 Å². The molecule has 0 amide bonds. The summed E-state index contributed by atoms with van der Waals surface area (Å²) >= 11 is -0.494. The van der Waals surface area contributed by atoms with Gasteiger partial charge in [0.1, 0.15) is 0 Å². The Hall–Kier alpha value is 0.0300. The molecule has 0 aromatic rings. The second kappa shape index (κ2) is 6.26. The molecule has 0 aliphatic heterocycles. The highest BCUT2D eigenvalue weighted by Gasteiger charge is 2.85. The molecule has 0 heterocycles. The van der Waals surface area contributed by atoms with Gasteiger partial charge in [-0.2, -0.15) is 43.9 Å². The molecule has 0 N–H and O–H groups in total. The minimum Gasteiger partial charge on any atom is -0.200 e. The third kappa shape index (κ3) is 3.69. The Morgan fingerprint density at radius 2 is 1.10 bits per heavy atom. The molecular weight excluding hydrogens is 437 g/mol. The molecule has 0 aromatic carbocycles. The first-order valence-corrected chi connectivity index (χ1v) is 6.72. The largest absolute Gasteiger partial charge is 0.387 e. The topological polar surface area (TPSA) is 0 Å². The lowest BCUT2D eigenvalue weighted by molar-refractivity contribution is -0.386. The molecule has 0 spiro atoms. The molecule has 0 aliphatic rings. The normalized spacial score (nSPS) is 15.4. The molecular formula is C10H11F10I. The summed E-state index contributed by atoms with van der Waals surface area (Å²) in [6, 6.07) is 0. The predicted octanol–water partition coefficient (Wildman–Crippen LogP) is 6.14. The van der Waals surface area contributed by atoms with Crippen molar-refractivity contribution in [2.75, 3.05) is 0 Å². The maximum atomic E-state index is 13.1. The van der Waals surface area contributed by atoms with Crippen LogP contribution in [0.15, 0.2) is 0 Å². The lowest BCUT2D eigenvalue weighted by Crippen LogP contribution is -2.66. The maximum Gasteiger partial charge on any atom is 0.387 e. The predicted molar refractivity (Wildman–Crippen MR) is 62.9 cm³/mol. The third-order valence-electron chi connectivity index (χ3n) is 2.70. The summed E-state index contributed by atoms with van der Waals surface area (Å²) in [6.07, 6.45) is -2.20. The average Bonchev–Trinajstić information content (AvgIpc) is 2.26. The van der Waals surface area contributed by atoms with Gasteiger partial charge in [0.25, 0.3) is 0 Å². The Bertz CT molecular complexity index is 346. The van der Waals surface area contributed by atoms with Crippen LogP contribution in [0, 0.1) is 0 Å². The van der Waals surface area contributed by atoms with Gasteiger partial charge in [-0.15, -0.1) is 0 Å². The van der Waals surface area contributed by atoms with Crippen molar-refractivity contribution in [3.05, 3.63) is 0 Å². The maximum absolute atomic E-state index is 13.1. The van der Waals surface area contributed by atoms with Crippen LogP contribution in [0.4, 0.5) is 43.9 Å². The van der Waals surface area contributed by atoms with Crippen LogP contribution < -0.4 is 0 Å². The van der Waals surface area contributed by atoms with Crippen LogP contribution in [0.1, 0.15) is 32.6 Å². The summed E-state index contributed by atoms with van der Waals surface area (Å²) in [5.41, 5.74) is 0. The first kappa shape index (κ1) is 21.0. The number of hydrogen-bond acceptors (Lipinski definition) is 0. The molecule has 0 unspecified atom stereocenters. The van der Waals surface area contributed by atoms with Crippen molar-refractivity contribution < 1.29 is 43.9 Å². The molecule has 0 radical (unpaired) electrons. The van der Waals surface area contributed by atoms with Gasteiger partial charge in [0, 0.05) is 29.0 Å². The van der Waals surface area contributed by atoms with Gasteiger partial charge in [-0.25, -0.2) is 0 Å². The Labute approximate surface area is 127 Å². The zero-order chi connectivity index (χ0) is 17.3. The van der Waals surface area contributed by atoms with Gasteiger partial charge in [0.2, 0.25) is 0 Å². The highest BCUT2D eigenvalue weighted by Crippen LogP contribution is 2.59. The highest BCUT2D eigenvalue weighted by atomic mass is 127. The van der Waals surface area contributed by atoms with E-state index in [4.69, 9.17) is 0 Å². The molecule has 0 atom stereocenters. The number of alkyl halides is 11. The Kier molecular flexibility index (Phi) is 6.27. The minimum absolute atomic E-state index is 0.0317. The standard InChI is InChI=1S/C10H11F10I/c1-2-3-4-5-6(11,12)7(13,14)8(15,16)9(17,18)10(19,20)21/h2-5H2,1H3. The molecule has 0 aromatic heterocycles. The van der Waals surface area contributed by atoms with Gasteiger partial charge in [-0.05, 0) is 6.42 Å². The fourth-order valence-electron chi connectivity index (χ4n) is 1.36. The van der Waals surface area contributed by atoms with Gasteiger partial charge in [0.15, 0.2) is 0 Å². The Morgan fingerprint density at radius 1 is 0.667 bits per heavy atom. The van der Waals surface area contributed by atoms with Crippen LogP contribution in [0.25, 0.3) is 0 Å². The van der Waals surface area contributed by atoms with Gasteiger partial charge >= 0.3 is 27.6 Å². The van der Waals surface area contributed by atoms with Crippen LogP contribution in [-0.2, 0) is 0 Å². The van der Waals surface area contributed by atoms with E-state index in [1.165, 1.54) is 6.92 Å². The van der Waals surface area contributed by atoms with Crippen LogP contribution >= 0.6 is 22.6 Å². The summed E-state index contributed by atoms with van der Waals surface area (Å²) in [4.78, 5) is 0. The Morgan fingerprint density at radius 3 is 1.43 bits per heavy atom. The molecule has 0 saturated carbocycles. The van der Waals surface area contributed by atoms with E-state index in [9.17, 15) is 43.9 Å². The summed E-state index contributed by atoms with van der Waals surface area (Å²) in [5.74, 6) is -25.7. The molecule has 0 aliphatic carbocycles. The van der Waals surface area contributed by atoms with Crippen molar-refractivity contribution in [2.24, 2.45) is 0 Å². The SMILES string of the molecule is CCCCCC(F)(F)C(F)(F)C(F)(F)C(F)(F)C(F)(F)I. The molecule has 0 rings (SSSR count). The molecule has 128 valence electrons. The first-order chi connectivity index (χ1) is 9.06. The summed E-state index contributed by atoms with van der Waals surface area (Å²) < 4.78 is 123.